The van der Waals surface area contributed by atoms with Crippen LogP contribution in [0.15, 0.2) is 54.7 Å². The molecule has 4 aliphatic rings. The van der Waals surface area contributed by atoms with E-state index in [1.54, 1.807) is 24.2 Å². The minimum Gasteiger partial charge on any atom is -0.474 e. The minimum atomic E-state index is -3.79. The van der Waals surface area contributed by atoms with Crippen LogP contribution in [0.3, 0.4) is 0 Å². The molecule has 0 saturated heterocycles. The Labute approximate surface area is 251 Å². The summed E-state index contributed by atoms with van der Waals surface area (Å²) in [4.78, 5) is 51.5. The van der Waals surface area contributed by atoms with Crippen molar-refractivity contribution in [1.82, 2.24) is 24.9 Å². The first-order valence-corrected chi connectivity index (χ1v) is 16.6. The number of carbonyl (C=O) groups excluding carboxylic acids is 3. The predicted molar refractivity (Wildman–Crippen MR) is 158 cm³/mol. The van der Waals surface area contributed by atoms with Gasteiger partial charge < -0.3 is 15.0 Å². The molecule has 5 atom stereocenters. The van der Waals surface area contributed by atoms with E-state index in [0.29, 0.717) is 43.9 Å². The number of nitrogens with one attached hydrogen (secondary N) is 2. The zero-order valence-electron chi connectivity index (χ0n) is 24.1. The van der Waals surface area contributed by atoms with Gasteiger partial charge >= 0.3 is 0 Å². The Morgan fingerprint density at radius 1 is 1.09 bits per heavy atom. The van der Waals surface area contributed by atoms with Crippen molar-refractivity contribution in [3.05, 3.63) is 54.7 Å². The Morgan fingerprint density at radius 3 is 2.63 bits per heavy atom. The third-order valence-corrected chi connectivity index (χ3v) is 10.8. The molecule has 11 nitrogen and oxygen atoms in total. The molecule has 43 heavy (non-hydrogen) atoms. The van der Waals surface area contributed by atoms with Gasteiger partial charge in [-0.05, 0) is 51.4 Å². The molecule has 3 fully saturated rings. The lowest BCUT2D eigenvalue weighted by atomic mass is 9.93. The number of carbonyl (C=O) groups is 3. The molecule has 3 saturated carbocycles. The number of aromatic nitrogens is 2. The van der Waals surface area contributed by atoms with Gasteiger partial charge in [0, 0.05) is 37.3 Å². The maximum Gasteiger partial charge on any atom is 0.259 e. The topological polar surface area (TPSA) is 148 Å². The fraction of sp³-hybridized carbons (Fsp3) is 0.516. The standard InChI is InChI=1S/C31H37N5O6S/c1-36-16-8-3-2-7-11-21-19-31(21,30(39)35-43(40,41)23-12-13-23)34-28(37)24-17-22(18-25(24)29(36)38)42-26-14-15-32-27(33-26)20-9-5-4-6-10-20/h4-7,9-11,14-15,21-25H,2-3,8,12-13,16-19H2,1H3,(H,34,37)(H,35,39). The Morgan fingerprint density at radius 2 is 1.86 bits per heavy atom. The van der Waals surface area contributed by atoms with Crippen molar-refractivity contribution in [3.63, 3.8) is 0 Å². The zero-order valence-corrected chi connectivity index (χ0v) is 25.0. The second-order valence-corrected chi connectivity index (χ2v) is 14.1. The van der Waals surface area contributed by atoms with Crippen LogP contribution in [0.5, 0.6) is 5.88 Å². The first-order chi connectivity index (χ1) is 20.7. The number of rotatable bonds is 6. The number of ether oxygens (including phenoxy) is 1. The van der Waals surface area contributed by atoms with Crippen molar-refractivity contribution in [2.24, 2.45) is 17.8 Å². The van der Waals surface area contributed by atoms with E-state index in [1.807, 2.05) is 42.5 Å². The largest absolute Gasteiger partial charge is 0.474 e. The van der Waals surface area contributed by atoms with Crippen LogP contribution in [0.1, 0.15) is 51.4 Å². The zero-order chi connectivity index (χ0) is 30.2. The van der Waals surface area contributed by atoms with Gasteiger partial charge in [0.1, 0.15) is 11.6 Å². The van der Waals surface area contributed by atoms with Crippen LogP contribution in [0.4, 0.5) is 0 Å². The lowest BCUT2D eigenvalue weighted by Gasteiger charge is -2.26. The number of amides is 3. The van der Waals surface area contributed by atoms with Crippen LogP contribution < -0.4 is 14.8 Å². The first kappa shape index (κ1) is 29.3. The predicted octanol–water partition coefficient (Wildman–Crippen LogP) is 2.60. The maximum atomic E-state index is 13.9. The summed E-state index contributed by atoms with van der Waals surface area (Å²) in [5.74, 6) is -2.19. The monoisotopic (exact) mass is 607 g/mol. The average molecular weight is 608 g/mol. The van der Waals surface area contributed by atoms with Gasteiger partial charge in [-0.15, -0.1) is 0 Å². The van der Waals surface area contributed by atoms with E-state index in [4.69, 9.17) is 4.74 Å². The van der Waals surface area contributed by atoms with Crippen LogP contribution in [0, 0.1) is 17.8 Å². The number of sulfonamides is 1. The molecule has 1 aromatic carbocycles. The van der Waals surface area contributed by atoms with E-state index in [2.05, 4.69) is 20.0 Å². The van der Waals surface area contributed by atoms with Gasteiger partial charge in [0.15, 0.2) is 5.82 Å². The molecule has 3 aliphatic carbocycles. The second kappa shape index (κ2) is 11.7. The number of allylic oxidation sites excluding steroid dienone is 1. The Hall–Kier alpha value is -3.80. The van der Waals surface area contributed by atoms with Crippen LogP contribution in [-0.2, 0) is 24.4 Å². The molecule has 2 heterocycles. The van der Waals surface area contributed by atoms with Crippen molar-refractivity contribution in [3.8, 4) is 17.3 Å². The summed E-state index contributed by atoms with van der Waals surface area (Å²) in [7, 11) is -2.05. The number of hydrogen-bond acceptors (Lipinski definition) is 8. The fourth-order valence-corrected chi connectivity index (χ4v) is 7.56. The van der Waals surface area contributed by atoms with Gasteiger partial charge in [0.2, 0.25) is 27.7 Å². The molecular weight excluding hydrogens is 570 g/mol. The smallest absolute Gasteiger partial charge is 0.259 e. The molecule has 0 radical (unpaired) electrons. The van der Waals surface area contributed by atoms with Gasteiger partial charge in [-0.2, -0.15) is 4.98 Å². The molecule has 0 bridgehead atoms. The molecule has 3 amide bonds. The highest BCUT2D eigenvalue weighted by molar-refractivity contribution is 7.91. The van der Waals surface area contributed by atoms with Crippen molar-refractivity contribution in [2.75, 3.05) is 13.6 Å². The number of nitrogens with zero attached hydrogens (tertiary/aromatic N) is 3. The molecule has 5 unspecified atom stereocenters. The van der Waals surface area contributed by atoms with Gasteiger partial charge in [0.05, 0.1) is 17.1 Å². The quantitative estimate of drug-likeness (QED) is 0.477. The molecular formula is C31H37N5O6S. The number of fused-ring (bicyclic) bond motifs is 2. The Kier molecular flexibility index (Phi) is 7.97. The number of benzene rings is 1. The van der Waals surface area contributed by atoms with Gasteiger partial charge in [-0.25, -0.2) is 13.4 Å². The lowest BCUT2D eigenvalue weighted by Crippen LogP contribution is -2.54. The molecule has 228 valence electrons. The van der Waals surface area contributed by atoms with Crippen LogP contribution in [-0.4, -0.2) is 71.5 Å². The van der Waals surface area contributed by atoms with Gasteiger partial charge in [-0.1, -0.05) is 42.5 Å². The van der Waals surface area contributed by atoms with Crippen LogP contribution in [0.2, 0.25) is 0 Å². The summed E-state index contributed by atoms with van der Waals surface area (Å²) in [6.45, 7) is 0.574. The molecule has 12 heteroatoms. The molecule has 1 aromatic heterocycles. The van der Waals surface area contributed by atoms with Crippen molar-refractivity contribution in [1.29, 1.82) is 0 Å². The van der Waals surface area contributed by atoms with Gasteiger partial charge in [-0.3, -0.25) is 19.1 Å². The summed E-state index contributed by atoms with van der Waals surface area (Å²) >= 11 is 0. The van der Waals surface area contributed by atoms with E-state index in [1.165, 1.54) is 0 Å². The summed E-state index contributed by atoms with van der Waals surface area (Å²) in [5, 5.41) is 2.34. The SMILES string of the molecule is CN1CCCCC=CC2CC2(C(=O)NS(=O)(=O)C2CC2)NC(=O)C2CC(Oc3ccnc(-c4ccccc4)n3)CC2C1=O. The molecule has 2 N–H and O–H groups in total. The fourth-order valence-electron chi connectivity index (χ4n) is 6.20. The summed E-state index contributed by atoms with van der Waals surface area (Å²) < 4.78 is 33.7. The second-order valence-electron chi connectivity index (χ2n) is 12.1. The van der Waals surface area contributed by atoms with E-state index < -0.39 is 50.6 Å². The van der Waals surface area contributed by atoms with E-state index in [0.717, 1.165) is 24.8 Å². The van der Waals surface area contributed by atoms with Crippen molar-refractivity contribution < 1.29 is 27.5 Å². The van der Waals surface area contributed by atoms with Crippen molar-refractivity contribution in [2.45, 2.75) is 68.3 Å². The van der Waals surface area contributed by atoms with Crippen LogP contribution in [0.25, 0.3) is 11.4 Å². The molecule has 6 rings (SSSR count). The number of hydrogen-bond donors (Lipinski definition) is 2. The van der Waals surface area contributed by atoms with Crippen molar-refractivity contribution >= 4 is 27.7 Å². The highest BCUT2D eigenvalue weighted by Gasteiger charge is 2.62. The summed E-state index contributed by atoms with van der Waals surface area (Å²) in [6, 6.07) is 11.2. The van der Waals surface area contributed by atoms with E-state index in [-0.39, 0.29) is 18.2 Å². The average Bonchev–Trinajstić information content (AvgIpc) is 3.92. The Balaban J connectivity index is 1.24. The van der Waals surface area contributed by atoms with E-state index in [9.17, 15) is 22.8 Å². The third kappa shape index (κ3) is 6.29. The normalized spacial score (nSPS) is 29.6. The highest BCUT2D eigenvalue weighted by atomic mass is 32.2. The third-order valence-electron chi connectivity index (χ3n) is 8.95. The summed E-state index contributed by atoms with van der Waals surface area (Å²) in [5.41, 5.74) is -0.529. The van der Waals surface area contributed by atoms with Crippen LogP contribution >= 0.6 is 0 Å². The molecule has 0 spiro atoms. The maximum absolute atomic E-state index is 13.9. The Bertz CT molecular complexity index is 1530. The van der Waals surface area contributed by atoms with Gasteiger partial charge in [0.25, 0.3) is 5.91 Å². The van der Waals surface area contributed by atoms with E-state index >= 15 is 0 Å². The molecule has 2 aromatic rings. The summed E-state index contributed by atoms with van der Waals surface area (Å²) in [6.07, 6.45) is 9.34. The lowest BCUT2D eigenvalue weighted by molar-refractivity contribution is -0.140. The molecule has 1 aliphatic heterocycles. The minimum absolute atomic E-state index is 0.145. The first-order valence-electron chi connectivity index (χ1n) is 15.0. The highest BCUT2D eigenvalue weighted by Crippen LogP contribution is 2.47.